The lowest BCUT2D eigenvalue weighted by atomic mass is 9.79. The van der Waals surface area contributed by atoms with Crippen LogP contribution in [0.3, 0.4) is 0 Å². The minimum atomic E-state index is -0.331. The molecule has 0 bridgehead atoms. The number of carbonyl (C=O) groups is 1. The van der Waals surface area contributed by atoms with Gasteiger partial charge in [0.1, 0.15) is 6.10 Å². The Labute approximate surface area is 191 Å². The molecule has 1 amide bonds. The SMILES string of the molecule is C/C=S(C)/C=C/[C@@H](C)NC(=O)c1ncc(O[C@@H](c2ccccc2Cl)C2(C)COC2)cn1. The van der Waals surface area contributed by atoms with Crippen LogP contribution in [0, 0.1) is 5.41 Å². The summed E-state index contributed by atoms with van der Waals surface area (Å²) >= 11 is 6.43. The molecule has 0 radical (unpaired) electrons. The maximum absolute atomic E-state index is 12.4. The van der Waals surface area contributed by atoms with E-state index in [0.29, 0.717) is 24.0 Å². The maximum Gasteiger partial charge on any atom is 0.289 e. The van der Waals surface area contributed by atoms with Crippen molar-refractivity contribution in [2.75, 3.05) is 19.5 Å². The number of aromatic nitrogens is 2. The van der Waals surface area contributed by atoms with Gasteiger partial charge < -0.3 is 14.8 Å². The second-order valence-electron chi connectivity index (χ2n) is 7.84. The predicted octanol–water partition coefficient (Wildman–Crippen LogP) is 4.64. The largest absolute Gasteiger partial charge is 0.482 e. The molecule has 1 saturated heterocycles. The second-order valence-corrected chi connectivity index (χ2v) is 10.2. The molecular formula is C23H28ClN3O3S. The van der Waals surface area contributed by atoms with Crippen molar-refractivity contribution in [3.05, 3.63) is 64.6 Å². The molecule has 3 atom stereocenters. The molecular weight excluding hydrogens is 434 g/mol. The number of nitrogens with one attached hydrogen (secondary N) is 1. The average molecular weight is 462 g/mol. The zero-order valence-corrected chi connectivity index (χ0v) is 19.7. The summed E-state index contributed by atoms with van der Waals surface area (Å²) in [5.74, 6) is 0.232. The third-order valence-electron chi connectivity index (χ3n) is 5.08. The summed E-state index contributed by atoms with van der Waals surface area (Å²) in [4.78, 5) is 20.8. The second kappa shape index (κ2) is 10.4. The van der Waals surface area contributed by atoms with Crippen LogP contribution >= 0.6 is 22.1 Å². The van der Waals surface area contributed by atoms with Crippen LogP contribution in [0.1, 0.15) is 43.1 Å². The third kappa shape index (κ3) is 5.93. The van der Waals surface area contributed by atoms with Crippen LogP contribution in [-0.2, 0) is 4.74 Å². The number of nitrogens with zero attached hydrogens (tertiary/aromatic N) is 2. The first-order valence-electron chi connectivity index (χ1n) is 10.1. The average Bonchev–Trinajstić information content (AvgIpc) is 2.75. The molecule has 1 fully saturated rings. The summed E-state index contributed by atoms with van der Waals surface area (Å²) in [6, 6.07) is 7.49. The van der Waals surface area contributed by atoms with Crippen LogP contribution < -0.4 is 10.1 Å². The first-order chi connectivity index (χ1) is 14.8. The van der Waals surface area contributed by atoms with Crippen molar-refractivity contribution >= 4 is 33.4 Å². The summed E-state index contributed by atoms with van der Waals surface area (Å²) in [6.45, 7) is 7.17. The van der Waals surface area contributed by atoms with Gasteiger partial charge in [0.2, 0.25) is 5.82 Å². The molecule has 0 aliphatic carbocycles. The highest BCUT2D eigenvalue weighted by Crippen LogP contribution is 2.44. The number of hydrogen-bond donors (Lipinski definition) is 1. The lowest BCUT2D eigenvalue weighted by molar-refractivity contribution is -0.155. The van der Waals surface area contributed by atoms with Crippen molar-refractivity contribution in [3.8, 4) is 5.75 Å². The molecule has 6 nitrogen and oxygen atoms in total. The van der Waals surface area contributed by atoms with Gasteiger partial charge in [-0.25, -0.2) is 9.97 Å². The Morgan fingerprint density at radius 1 is 1.32 bits per heavy atom. The van der Waals surface area contributed by atoms with Gasteiger partial charge in [-0.3, -0.25) is 4.79 Å². The van der Waals surface area contributed by atoms with E-state index in [1.165, 1.54) is 12.4 Å². The van der Waals surface area contributed by atoms with Gasteiger partial charge in [0.15, 0.2) is 5.75 Å². The van der Waals surface area contributed by atoms with E-state index < -0.39 is 0 Å². The molecule has 3 rings (SSSR count). The number of ether oxygens (including phenoxy) is 2. The van der Waals surface area contributed by atoms with Crippen molar-refractivity contribution in [2.45, 2.75) is 32.9 Å². The smallest absolute Gasteiger partial charge is 0.289 e. The van der Waals surface area contributed by atoms with Gasteiger partial charge in [-0.1, -0.05) is 48.2 Å². The van der Waals surface area contributed by atoms with Gasteiger partial charge in [0.25, 0.3) is 5.91 Å². The molecule has 1 N–H and O–H groups in total. The fourth-order valence-corrected chi connectivity index (χ4v) is 3.99. The zero-order valence-electron chi connectivity index (χ0n) is 18.2. The minimum Gasteiger partial charge on any atom is -0.482 e. The number of carbonyl (C=O) groups excluding carboxylic acids is 1. The van der Waals surface area contributed by atoms with E-state index in [2.05, 4.69) is 39.2 Å². The molecule has 1 aromatic heterocycles. The molecule has 1 aromatic carbocycles. The van der Waals surface area contributed by atoms with Crippen molar-refractivity contribution in [1.29, 1.82) is 0 Å². The maximum atomic E-state index is 12.4. The number of rotatable bonds is 8. The Morgan fingerprint density at radius 3 is 2.58 bits per heavy atom. The van der Waals surface area contributed by atoms with Crippen LogP contribution in [0.4, 0.5) is 0 Å². The molecule has 1 unspecified atom stereocenters. The predicted molar refractivity (Wildman–Crippen MR) is 127 cm³/mol. The number of halogens is 1. The van der Waals surface area contributed by atoms with Gasteiger partial charge >= 0.3 is 0 Å². The Bertz CT molecular complexity index is 974. The number of hydrogen-bond acceptors (Lipinski definition) is 5. The van der Waals surface area contributed by atoms with E-state index in [9.17, 15) is 4.79 Å². The monoisotopic (exact) mass is 461 g/mol. The summed E-state index contributed by atoms with van der Waals surface area (Å²) in [5.41, 5.74) is 0.674. The van der Waals surface area contributed by atoms with Gasteiger partial charge in [-0.05, 0) is 31.6 Å². The Balaban J connectivity index is 1.70. The molecule has 2 aromatic rings. The Kier molecular flexibility index (Phi) is 7.86. The normalized spacial score (nSPS) is 18.2. The molecule has 0 spiro atoms. The lowest BCUT2D eigenvalue weighted by Crippen LogP contribution is -2.46. The molecule has 2 heterocycles. The Morgan fingerprint density at radius 2 is 2.00 bits per heavy atom. The van der Waals surface area contributed by atoms with Gasteiger partial charge in [0.05, 0.1) is 31.0 Å². The summed E-state index contributed by atoms with van der Waals surface area (Å²) in [6.07, 6.45) is 6.80. The van der Waals surface area contributed by atoms with E-state index >= 15 is 0 Å². The standard InChI is InChI=1S/C23H28ClN3O3S/c1-5-31(4)11-10-16(2)27-22(28)21-25-12-17(13-26-21)30-20(23(3)14-29-15-23)18-8-6-7-9-19(18)24/h5-13,16,20H,14-15H2,1-4H3,(H,27,28)/b11-10+/t16-,20+,31?/m1/s1. The van der Waals surface area contributed by atoms with Crippen molar-refractivity contribution in [1.82, 2.24) is 15.3 Å². The van der Waals surface area contributed by atoms with E-state index in [0.717, 1.165) is 5.56 Å². The van der Waals surface area contributed by atoms with Crippen LogP contribution in [0.2, 0.25) is 5.02 Å². The topological polar surface area (TPSA) is 73.3 Å². The highest BCUT2D eigenvalue weighted by atomic mass is 35.5. The first kappa shape index (κ1) is 23.4. The van der Waals surface area contributed by atoms with Crippen LogP contribution in [-0.4, -0.2) is 46.8 Å². The third-order valence-corrected chi connectivity index (χ3v) is 6.76. The van der Waals surface area contributed by atoms with Gasteiger partial charge in [0, 0.05) is 16.6 Å². The highest BCUT2D eigenvalue weighted by molar-refractivity contribution is 8.16. The Hall–Kier alpha value is -2.22. The number of benzene rings is 1. The van der Waals surface area contributed by atoms with Crippen molar-refractivity contribution in [2.24, 2.45) is 5.41 Å². The van der Waals surface area contributed by atoms with E-state index in [1.54, 1.807) is 0 Å². The van der Waals surface area contributed by atoms with Gasteiger partial charge in [-0.2, -0.15) is 10.5 Å². The summed E-state index contributed by atoms with van der Waals surface area (Å²) in [5, 5.41) is 7.69. The van der Waals surface area contributed by atoms with E-state index in [-0.39, 0.29) is 39.8 Å². The van der Waals surface area contributed by atoms with E-state index in [4.69, 9.17) is 21.1 Å². The van der Waals surface area contributed by atoms with Crippen molar-refractivity contribution in [3.63, 3.8) is 0 Å². The van der Waals surface area contributed by atoms with Crippen LogP contribution in [0.15, 0.2) is 48.1 Å². The molecule has 8 heteroatoms. The van der Waals surface area contributed by atoms with Gasteiger partial charge in [-0.15, -0.1) is 0 Å². The fourth-order valence-electron chi connectivity index (χ4n) is 3.11. The molecule has 1 aliphatic rings. The minimum absolute atomic E-state index is 0.0900. The van der Waals surface area contributed by atoms with Crippen LogP contribution in [0.5, 0.6) is 5.75 Å². The summed E-state index contributed by atoms with van der Waals surface area (Å²) in [7, 11) is 0.0900. The quantitative estimate of drug-likeness (QED) is 0.580. The van der Waals surface area contributed by atoms with Crippen LogP contribution in [0.25, 0.3) is 0 Å². The molecule has 166 valence electrons. The first-order valence-corrected chi connectivity index (χ1v) is 12.2. The zero-order chi connectivity index (χ0) is 22.4. The molecule has 0 saturated carbocycles. The molecule has 31 heavy (non-hydrogen) atoms. The fraction of sp³-hybridized carbons (Fsp3) is 0.391. The van der Waals surface area contributed by atoms with Crippen molar-refractivity contribution < 1.29 is 14.3 Å². The number of amides is 1. The molecule has 1 aliphatic heterocycles. The summed E-state index contributed by atoms with van der Waals surface area (Å²) < 4.78 is 11.7. The lowest BCUT2D eigenvalue weighted by Gasteiger charge is -2.44. The van der Waals surface area contributed by atoms with E-state index in [1.807, 2.05) is 44.2 Å². The highest BCUT2D eigenvalue weighted by Gasteiger charge is 2.44.